The van der Waals surface area contributed by atoms with Crippen LogP contribution < -0.4 is 0 Å². The second-order valence-electron chi connectivity index (χ2n) is 3.16. The minimum absolute atomic E-state index is 0. The monoisotopic (exact) mass is 440 g/mol. The van der Waals surface area contributed by atoms with Crippen LogP contribution in [0.25, 0.3) is 0 Å². The van der Waals surface area contributed by atoms with Crippen LogP contribution >= 0.6 is 0 Å². The number of esters is 4. The van der Waals surface area contributed by atoms with Gasteiger partial charge in [-0.3, -0.25) is 0 Å². The van der Waals surface area contributed by atoms with Crippen LogP contribution in [0.15, 0.2) is 36.5 Å². The summed E-state index contributed by atoms with van der Waals surface area (Å²) in [5.41, 5.74) is 0. The van der Waals surface area contributed by atoms with Gasteiger partial charge < -0.3 is 19.7 Å². The summed E-state index contributed by atoms with van der Waals surface area (Å²) in [6, 6.07) is 0. The van der Waals surface area contributed by atoms with Crippen molar-refractivity contribution in [1.29, 1.82) is 0 Å². The van der Waals surface area contributed by atoms with Gasteiger partial charge in [0.25, 0.3) is 0 Å². The molecule has 0 saturated carbocycles. The fourth-order valence-corrected chi connectivity index (χ4v) is 0.749. The Morgan fingerprint density at radius 1 is 0.500 bits per heavy atom. The van der Waals surface area contributed by atoms with Crippen molar-refractivity contribution in [3.8, 4) is 0 Å². The number of hydrogen-bond donors (Lipinski definition) is 2. The maximum atomic E-state index is 11.0. The van der Waals surface area contributed by atoms with Crippen molar-refractivity contribution in [3.05, 3.63) is 36.5 Å². The van der Waals surface area contributed by atoms with E-state index in [2.05, 4.69) is 9.47 Å². The number of carboxylic acid groups (broad SMARTS) is 2. The van der Waals surface area contributed by atoms with Crippen LogP contribution in [0.2, 0.25) is 0 Å². The Kier molecular flexibility index (Phi) is 33.9. The summed E-state index contributed by atoms with van der Waals surface area (Å²) >= 11 is 0. The van der Waals surface area contributed by atoms with Crippen LogP contribution in [0.3, 0.4) is 0 Å². The number of ether oxygens (including phenoxy) is 2. The Bertz CT molecular complexity index is 561. The zero-order chi connectivity index (χ0) is 17.1. The van der Waals surface area contributed by atoms with Gasteiger partial charge in [-0.1, -0.05) is 0 Å². The van der Waals surface area contributed by atoms with Crippen molar-refractivity contribution in [3.63, 3.8) is 0 Å². The van der Waals surface area contributed by atoms with Crippen molar-refractivity contribution >= 4 is 198 Å². The number of aliphatic carboxylic acids is 2. The Morgan fingerprint density at radius 3 is 0.885 bits per heavy atom. The summed E-state index contributed by atoms with van der Waals surface area (Å²) in [5.74, 6) is -8.07. The molecule has 0 aliphatic heterocycles. The molecule has 0 atom stereocenters. The predicted octanol–water partition coefficient (Wildman–Crippen LogP) is -3.63. The summed E-state index contributed by atoms with van der Waals surface area (Å²) in [5, 5.41) is 16.4. The molecule has 0 fully saturated rings. The third-order valence-corrected chi connectivity index (χ3v) is 1.48. The van der Waals surface area contributed by atoms with Crippen molar-refractivity contribution < 1.29 is 48.5 Å². The standard InChI is InChI=1S/C12H8O10.2K.2Na.4H/c13-7(14)1-3-9(17)21-11(19)5-6-12(20)22-10(18)4-2-8(15)16;;;;;;;;/h1-6H,(H,13,14)(H,15,16);;;;;;;;/b3-1-,4-2-,6-5+;;;;;;;;. The summed E-state index contributed by atoms with van der Waals surface area (Å²) in [6.07, 6.45) is 2.69. The Hall–Kier alpha value is 1.71. The Labute approximate surface area is 276 Å². The van der Waals surface area contributed by atoms with E-state index in [9.17, 15) is 28.8 Å². The van der Waals surface area contributed by atoms with Crippen molar-refractivity contribution in [2.45, 2.75) is 0 Å². The van der Waals surface area contributed by atoms with Gasteiger partial charge in [-0.05, 0) is 0 Å². The van der Waals surface area contributed by atoms with E-state index in [0.29, 0.717) is 36.5 Å². The number of carboxylic acids is 2. The summed E-state index contributed by atoms with van der Waals surface area (Å²) in [6.45, 7) is 0. The van der Waals surface area contributed by atoms with E-state index in [0.717, 1.165) is 0 Å². The first kappa shape index (κ1) is 38.3. The van der Waals surface area contributed by atoms with Crippen LogP contribution in [0, 0.1) is 0 Å². The van der Waals surface area contributed by atoms with Crippen LogP contribution in [0.4, 0.5) is 0 Å². The van der Waals surface area contributed by atoms with Crippen LogP contribution in [0.1, 0.15) is 0 Å². The molecular formula is C12H12K2Na2O10. The number of hydrogen-bond acceptors (Lipinski definition) is 8. The zero-order valence-corrected chi connectivity index (χ0v) is 10.6. The molecule has 0 heterocycles. The van der Waals surface area contributed by atoms with E-state index >= 15 is 0 Å². The second-order valence-corrected chi connectivity index (χ2v) is 3.16. The van der Waals surface area contributed by atoms with E-state index < -0.39 is 35.8 Å². The van der Waals surface area contributed by atoms with E-state index in [1.165, 1.54) is 0 Å². The van der Waals surface area contributed by atoms with E-state index in [1.807, 2.05) is 0 Å². The molecular weight excluding hydrogens is 428 g/mol. The predicted molar refractivity (Wildman–Crippen MR) is 93.5 cm³/mol. The van der Waals surface area contributed by atoms with Gasteiger partial charge in [0, 0.05) is 36.5 Å². The molecule has 0 unspecified atom stereocenters. The zero-order valence-electron chi connectivity index (χ0n) is 10.6. The second kappa shape index (κ2) is 23.0. The number of rotatable bonds is 6. The van der Waals surface area contributed by atoms with E-state index in [4.69, 9.17) is 10.2 Å². The van der Waals surface area contributed by atoms with Gasteiger partial charge >= 0.3 is 198 Å². The molecule has 124 valence electrons. The third-order valence-electron chi connectivity index (χ3n) is 1.48. The fraction of sp³-hybridized carbons (Fsp3) is 0. The first-order chi connectivity index (χ1) is 10.2. The van der Waals surface area contributed by atoms with Gasteiger partial charge in [0.05, 0.1) is 0 Å². The SMILES string of the molecule is O=C(O)/C=C\C(=O)OC(=O)/C=C/C(=O)OC(=O)/C=C\C(=O)O.[KH].[KH].[NaH].[NaH]. The average molecular weight is 440 g/mol. The summed E-state index contributed by atoms with van der Waals surface area (Å²) in [4.78, 5) is 63.9. The Balaban J connectivity index is -0.000000367. The molecule has 0 aromatic carbocycles. The molecule has 10 nitrogen and oxygen atoms in total. The maximum absolute atomic E-state index is 11.0. The van der Waals surface area contributed by atoms with Gasteiger partial charge in [0.1, 0.15) is 0 Å². The quantitative estimate of drug-likeness (QED) is 0.182. The van der Waals surface area contributed by atoms with Crippen LogP contribution in [0.5, 0.6) is 0 Å². The summed E-state index contributed by atoms with van der Waals surface area (Å²) in [7, 11) is 0. The molecule has 0 saturated heterocycles. The molecule has 14 heteroatoms. The van der Waals surface area contributed by atoms with Gasteiger partial charge in [0.2, 0.25) is 0 Å². The van der Waals surface area contributed by atoms with E-state index in [-0.39, 0.29) is 162 Å². The van der Waals surface area contributed by atoms with Crippen LogP contribution in [-0.4, -0.2) is 208 Å². The fourth-order valence-electron chi connectivity index (χ4n) is 0.749. The van der Waals surface area contributed by atoms with Gasteiger partial charge in [-0.15, -0.1) is 0 Å². The third kappa shape index (κ3) is 25.7. The topological polar surface area (TPSA) is 161 Å². The molecule has 0 radical (unpaired) electrons. The molecule has 0 aliphatic carbocycles. The molecule has 26 heavy (non-hydrogen) atoms. The normalized spacial score (nSPS) is 9.08. The number of carbonyl (C=O) groups is 6. The number of carbonyl (C=O) groups excluding carboxylic acids is 4. The molecule has 0 aromatic heterocycles. The first-order valence-corrected chi connectivity index (χ1v) is 5.22. The summed E-state index contributed by atoms with van der Waals surface area (Å²) < 4.78 is 8.07. The van der Waals surface area contributed by atoms with Crippen molar-refractivity contribution in [1.82, 2.24) is 0 Å². The first-order valence-electron chi connectivity index (χ1n) is 5.22. The molecule has 0 bridgehead atoms. The van der Waals surface area contributed by atoms with E-state index in [1.54, 1.807) is 0 Å². The Morgan fingerprint density at radius 2 is 0.692 bits per heavy atom. The molecule has 2 N–H and O–H groups in total. The van der Waals surface area contributed by atoms with Crippen molar-refractivity contribution in [2.24, 2.45) is 0 Å². The molecule has 0 rings (SSSR count). The minimum atomic E-state index is -1.43. The van der Waals surface area contributed by atoms with Crippen molar-refractivity contribution in [2.75, 3.05) is 0 Å². The molecule has 0 amide bonds. The molecule has 0 aromatic rings. The van der Waals surface area contributed by atoms with Gasteiger partial charge in [0.15, 0.2) is 0 Å². The molecule has 0 aliphatic rings. The van der Waals surface area contributed by atoms with Crippen LogP contribution in [-0.2, 0) is 38.2 Å². The van der Waals surface area contributed by atoms with Gasteiger partial charge in [-0.25, -0.2) is 28.8 Å². The van der Waals surface area contributed by atoms with Gasteiger partial charge in [-0.2, -0.15) is 0 Å². The average Bonchev–Trinajstić information content (AvgIpc) is 2.40. The molecule has 0 spiro atoms.